The molecule has 0 saturated heterocycles. The molecule has 4 N–H and O–H groups in total. The van der Waals surface area contributed by atoms with Gasteiger partial charge in [-0.1, -0.05) is 19.3 Å². The molecule has 122 valence electrons. The Bertz CT molecular complexity index is 444. The predicted octanol–water partition coefficient (Wildman–Crippen LogP) is 2.07. The van der Waals surface area contributed by atoms with Crippen LogP contribution in [0.4, 0.5) is 0 Å². The quantitative estimate of drug-likeness (QED) is 0.598. The number of carbonyl (C=O) groups is 3. The normalized spacial score (nSPS) is 9.45. The van der Waals surface area contributed by atoms with Crippen LogP contribution in [0.1, 0.15) is 55.3 Å². The summed E-state index contributed by atoms with van der Waals surface area (Å²) in [6.45, 7) is 0. The molecule has 1 aromatic heterocycles. The minimum Gasteiger partial charge on any atom is -0.481 e. The Hall–Kier alpha value is -2.44. The number of amides is 1. The number of carbonyl (C=O) groups excluding carboxylic acids is 1. The standard InChI is InChI=1S/C9H16O4.C6H6N2O/c10-8(11)6-4-2-1-3-5-7-9(12)13;7-6(9)5-1-3-8-4-2-5/h1-7H2,(H,10,11)(H,12,13);1-4H,(H2,7,9). The largest absolute Gasteiger partial charge is 0.481 e. The highest BCUT2D eigenvalue weighted by Gasteiger charge is 1.98. The summed E-state index contributed by atoms with van der Waals surface area (Å²) in [7, 11) is 0. The van der Waals surface area contributed by atoms with E-state index in [4.69, 9.17) is 15.9 Å². The monoisotopic (exact) mass is 310 g/mol. The first-order valence-corrected chi connectivity index (χ1v) is 7.07. The van der Waals surface area contributed by atoms with Gasteiger partial charge in [0.2, 0.25) is 5.91 Å². The average Bonchev–Trinajstić information content (AvgIpc) is 2.47. The van der Waals surface area contributed by atoms with Crippen molar-refractivity contribution in [3.05, 3.63) is 30.1 Å². The van der Waals surface area contributed by atoms with Gasteiger partial charge in [0.25, 0.3) is 0 Å². The lowest BCUT2D eigenvalue weighted by atomic mass is 10.1. The van der Waals surface area contributed by atoms with E-state index in [1.165, 1.54) is 12.4 Å². The summed E-state index contributed by atoms with van der Waals surface area (Å²) in [4.78, 5) is 34.3. The smallest absolute Gasteiger partial charge is 0.303 e. The molecule has 0 unspecified atom stereocenters. The summed E-state index contributed by atoms with van der Waals surface area (Å²) >= 11 is 0. The van der Waals surface area contributed by atoms with Crippen molar-refractivity contribution in [3.63, 3.8) is 0 Å². The van der Waals surface area contributed by atoms with Crippen LogP contribution in [0.15, 0.2) is 24.5 Å². The van der Waals surface area contributed by atoms with Crippen LogP contribution in [-0.4, -0.2) is 33.0 Å². The maximum Gasteiger partial charge on any atom is 0.303 e. The highest BCUT2D eigenvalue weighted by atomic mass is 16.4. The molecule has 0 atom stereocenters. The summed E-state index contributed by atoms with van der Waals surface area (Å²) in [6.07, 6.45) is 7.58. The maximum absolute atomic E-state index is 10.4. The van der Waals surface area contributed by atoms with Gasteiger partial charge in [0, 0.05) is 30.8 Å². The molecule has 0 aliphatic heterocycles. The van der Waals surface area contributed by atoms with Gasteiger partial charge < -0.3 is 15.9 Å². The number of aliphatic carboxylic acids is 2. The molecular weight excluding hydrogens is 288 g/mol. The SMILES string of the molecule is NC(=O)c1ccncc1.O=C(O)CCCCCCCC(=O)O. The molecule has 1 aromatic rings. The number of hydrogen-bond acceptors (Lipinski definition) is 4. The highest BCUT2D eigenvalue weighted by molar-refractivity contribution is 5.92. The summed E-state index contributed by atoms with van der Waals surface area (Å²) in [5, 5.41) is 16.6. The first-order valence-electron chi connectivity index (χ1n) is 7.07. The summed E-state index contributed by atoms with van der Waals surface area (Å²) < 4.78 is 0. The van der Waals surface area contributed by atoms with Crippen molar-refractivity contribution in [1.29, 1.82) is 0 Å². The number of carboxylic acids is 2. The van der Waals surface area contributed by atoms with E-state index in [2.05, 4.69) is 4.98 Å². The van der Waals surface area contributed by atoms with Gasteiger partial charge in [-0.3, -0.25) is 19.4 Å². The lowest BCUT2D eigenvalue weighted by Gasteiger charge is -1.97. The van der Waals surface area contributed by atoms with Crippen LogP contribution >= 0.6 is 0 Å². The van der Waals surface area contributed by atoms with Crippen LogP contribution in [-0.2, 0) is 9.59 Å². The average molecular weight is 310 g/mol. The third kappa shape index (κ3) is 12.6. The Morgan fingerprint density at radius 1 is 0.864 bits per heavy atom. The van der Waals surface area contributed by atoms with Gasteiger partial charge in [0.1, 0.15) is 0 Å². The van der Waals surface area contributed by atoms with Crippen LogP contribution in [0.25, 0.3) is 0 Å². The fourth-order valence-corrected chi connectivity index (χ4v) is 1.60. The van der Waals surface area contributed by atoms with Crippen LogP contribution in [0.5, 0.6) is 0 Å². The molecule has 1 amide bonds. The summed E-state index contributed by atoms with van der Waals surface area (Å²) in [6, 6.07) is 3.14. The molecule has 1 rings (SSSR count). The Morgan fingerprint density at radius 3 is 1.59 bits per heavy atom. The van der Waals surface area contributed by atoms with Crippen LogP contribution in [0.3, 0.4) is 0 Å². The zero-order valence-corrected chi connectivity index (χ0v) is 12.4. The van der Waals surface area contributed by atoms with Crippen molar-refractivity contribution in [2.24, 2.45) is 5.73 Å². The molecule has 7 nitrogen and oxygen atoms in total. The van der Waals surface area contributed by atoms with Crippen LogP contribution in [0, 0.1) is 0 Å². The summed E-state index contributed by atoms with van der Waals surface area (Å²) in [5.41, 5.74) is 5.44. The van der Waals surface area contributed by atoms with Gasteiger partial charge in [0.15, 0.2) is 0 Å². The maximum atomic E-state index is 10.4. The number of nitrogens with zero attached hydrogens (tertiary/aromatic N) is 1. The van der Waals surface area contributed by atoms with Gasteiger partial charge in [-0.05, 0) is 25.0 Å². The van der Waals surface area contributed by atoms with E-state index in [-0.39, 0.29) is 12.8 Å². The van der Waals surface area contributed by atoms with E-state index in [0.717, 1.165) is 19.3 Å². The highest BCUT2D eigenvalue weighted by Crippen LogP contribution is 2.06. The van der Waals surface area contributed by atoms with Gasteiger partial charge in [-0.15, -0.1) is 0 Å². The van der Waals surface area contributed by atoms with Gasteiger partial charge in [-0.25, -0.2) is 0 Å². The third-order valence-corrected chi connectivity index (χ3v) is 2.75. The third-order valence-electron chi connectivity index (χ3n) is 2.75. The minimum absolute atomic E-state index is 0.221. The molecule has 0 fully saturated rings. The second-order valence-electron chi connectivity index (χ2n) is 4.66. The zero-order chi connectivity index (χ0) is 16.8. The lowest BCUT2D eigenvalue weighted by Crippen LogP contribution is -2.10. The van der Waals surface area contributed by atoms with Crippen molar-refractivity contribution >= 4 is 17.8 Å². The molecular formula is C15H22N2O5. The van der Waals surface area contributed by atoms with Crippen LogP contribution < -0.4 is 5.73 Å². The van der Waals surface area contributed by atoms with E-state index >= 15 is 0 Å². The molecule has 0 radical (unpaired) electrons. The molecule has 22 heavy (non-hydrogen) atoms. The number of aromatic nitrogens is 1. The number of nitrogens with two attached hydrogens (primary N) is 1. The topological polar surface area (TPSA) is 131 Å². The molecule has 0 aliphatic rings. The first-order chi connectivity index (χ1) is 10.4. The number of pyridine rings is 1. The van der Waals surface area contributed by atoms with Crippen molar-refractivity contribution in [3.8, 4) is 0 Å². The van der Waals surface area contributed by atoms with E-state index in [0.29, 0.717) is 18.4 Å². The Labute approximate surface area is 129 Å². The molecule has 0 saturated carbocycles. The molecule has 0 aromatic carbocycles. The Kier molecular flexibility index (Phi) is 10.9. The van der Waals surface area contributed by atoms with E-state index in [1.54, 1.807) is 12.1 Å². The predicted molar refractivity (Wildman–Crippen MR) is 80.3 cm³/mol. The second-order valence-corrected chi connectivity index (χ2v) is 4.66. The number of hydrogen-bond donors (Lipinski definition) is 3. The molecule has 0 aliphatic carbocycles. The number of unbranched alkanes of at least 4 members (excludes halogenated alkanes) is 4. The fraction of sp³-hybridized carbons (Fsp3) is 0.467. The lowest BCUT2D eigenvalue weighted by molar-refractivity contribution is -0.138. The van der Waals surface area contributed by atoms with Crippen molar-refractivity contribution in [2.45, 2.75) is 44.9 Å². The molecule has 0 spiro atoms. The number of primary amides is 1. The molecule has 0 bridgehead atoms. The van der Waals surface area contributed by atoms with Gasteiger partial charge in [0.05, 0.1) is 0 Å². The van der Waals surface area contributed by atoms with Gasteiger partial charge >= 0.3 is 11.9 Å². The van der Waals surface area contributed by atoms with Gasteiger partial charge in [-0.2, -0.15) is 0 Å². The van der Waals surface area contributed by atoms with E-state index in [1.807, 2.05) is 0 Å². The van der Waals surface area contributed by atoms with Crippen molar-refractivity contribution < 1.29 is 24.6 Å². The Balaban J connectivity index is 0.000000425. The summed E-state index contributed by atoms with van der Waals surface area (Å²) in [5.74, 6) is -1.94. The number of rotatable bonds is 9. The van der Waals surface area contributed by atoms with Crippen molar-refractivity contribution in [1.82, 2.24) is 4.98 Å². The minimum atomic E-state index is -0.759. The number of carboxylic acid groups (broad SMARTS) is 2. The second kappa shape index (κ2) is 12.3. The Morgan fingerprint density at radius 2 is 1.27 bits per heavy atom. The van der Waals surface area contributed by atoms with Crippen molar-refractivity contribution in [2.75, 3.05) is 0 Å². The first kappa shape index (κ1) is 19.6. The molecule has 7 heteroatoms. The van der Waals surface area contributed by atoms with Crippen LogP contribution in [0.2, 0.25) is 0 Å². The van der Waals surface area contributed by atoms with E-state index in [9.17, 15) is 14.4 Å². The zero-order valence-electron chi connectivity index (χ0n) is 12.4. The fourth-order valence-electron chi connectivity index (χ4n) is 1.60. The van der Waals surface area contributed by atoms with E-state index < -0.39 is 17.8 Å². The molecule has 1 heterocycles.